The molecule has 0 N–H and O–H groups in total. The molecule has 0 radical (unpaired) electrons. The van der Waals surface area contributed by atoms with Crippen LogP contribution in [0, 0.1) is 0 Å². The van der Waals surface area contributed by atoms with Gasteiger partial charge in [0, 0.05) is 6.07 Å². The minimum absolute atomic E-state index is 0.0239. The topological polar surface area (TPSA) is 104 Å². The smallest absolute Gasteiger partial charge is 0.383 e. The fourth-order valence-electron chi connectivity index (χ4n) is 7.91. The molecule has 0 saturated carbocycles. The molecule has 10 nitrogen and oxygen atoms in total. The van der Waals surface area contributed by atoms with Gasteiger partial charge in [0.15, 0.2) is 5.75 Å². The molecule has 67 heavy (non-hydrogen) atoms. The van der Waals surface area contributed by atoms with E-state index in [0.717, 1.165) is 33.4 Å². The summed E-state index contributed by atoms with van der Waals surface area (Å²) in [5, 5.41) is 0.526. The molecule has 5 atom stereocenters. The Hall–Kier alpha value is -7.05. The first-order valence-electron chi connectivity index (χ1n) is 22.5. The van der Waals surface area contributed by atoms with Gasteiger partial charge in [-0.15, -0.1) is 0 Å². The van der Waals surface area contributed by atoms with Crippen molar-refractivity contribution < 1.29 is 42.3 Å². The Morgan fingerprint density at radius 2 is 0.836 bits per heavy atom. The van der Waals surface area contributed by atoms with Crippen LogP contribution < -0.4 is 19.8 Å². The van der Waals surface area contributed by atoms with E-state index >= 15 is 0 Å². The van der Waals surface area contributed by atoms with Crippen molar-refractivity contribution in [3.63, 3.8) is 0 Å². The van der Waals surface area contributed by atoms with Gasteiger partial charge in [-0.3, -0.25) is 0 Å². The molecule has 1 fully saturated rings. The Labute approximate surface area is 390 Å². The largest absolute Gasteiger partial charge is 0.484 e. The van der Waals surface area contributed by atoms with E-state index in [2.05, 4.69) is 0 Å². The third kappa shape index (κ3) is 12.2. The van der Waals surface area contributed by atoms with E-state index in [1.54, 1.807) is 18.2 Å². The van der Waals surface area contributed by atoms with Crippen LogP contribution in [-0.4, -0.2) is 37.3 Å². The van der Waals surface area contributed by atoms with E-state index < -0.39 is 36.3 Å². The Morgan fingerprint density at radius 3 is 1.33 bits per heavy atom. The normalized spacial score (nSPS) is 18.1. The molecule has 340 valence electrons. The highest BCUT2D eigenvalue weighted by Gasteiger charge is 2.50. The third-order valence-electron chi connectivity index (χ3n) is 11.3. The van der Waals surface area contributed by atoms with Crippen molar-refractivity contribution in [1.29, 1.82) is 0 Å². The Bertz CT molecular complexity index is 2770. The van der Waals surface area contributed by atoms with Gasteiger partial charge in [-0.05, 0) is 45.5 Å². The standard InChI is InChI=1S/C57H52O10/c58-56-54(63-38-45-27-15-5-16-28-45)51(60-35-42-21-9-2-10-22-42)48-32-31-47(33-49(48)66-56)65-57-55(64-39-46-29-17-6-18-30-46)53(62-37-44-25-13-4-14-26-44)52(61-36-43-23-11-3-12-24-43)50(67-57)40-59-34-41-19-7-1-8-20-41/h1-33,50,52-53,55,57H,34-40H2/t50-,52+,53+,55-,57-/m1/s1. The maximum atomic E-state index is 13.8. The second kappa shape index (κ2) is 22.9. The Balaban J connectivity index is 1.06. The van der Waals surface area contributed by atoms with Gasteiger partial charge in [-0.1, -0.05) is 182 Å². The molecular weight excluding hydrogens is 845 g/mol. The molecule has 0 unspecified atom stereocenters. The summed E-state index contributed by atoms with van der Waals surface area (Å²) in [6.07, 6.45) is -3.91. The molecule has 1 aliphatic rings. The molecular formula is C57H52O10. The maximum Gasteiger partial charge on any atom is 0.383 e. The first kappa shape index (κ1) is 45.1. The van der Waals surface area contributed by atoms with E-state index in [-0.39, 0.29) is 50.1 Å². The summed E-state index contributed by atoms with van der Waals surface area (Å²) in [4.78, 5) is 13.8. The van der Waals surface area contributed by atoms with Gasteiger partial charge in [0.25, 0.3) is 0 Å². The quantitative estimate of drug-likeness (QED) is 0.0648. The molecule has 10 heteroatoms. The van der Waals surface area contributed by atoms with E-state index in [1.807, 2.05) is 182 Å². The monoisotopic (exact) mass is 896 g/mol. The number of ether oxygens (including phenoxy) is 8. The fourth-order valence-corrected chi connectivity index (χ4v) is 7.91. The number of hydrogen-bond donors (Lipinski definition) is 0. The summed E-state index contributed by atoms with van der Waals surface area (Å²) < 4.78 is 59.2. The molecule has 1 aliphatic heterocycles. The van der Waals surface area contributed by atoms with Crippen molar-refractivity contribution in [2.75, 3.05) is 6.61 Å². The minimum Gasteiger partial charge on any atom is -0.484 e. The van der Waals surface area contributed by atoms with Crippen LogP contribution in [0.2, 0.25) is 0 Å². The molecule has 7 aromatic carbocycles. The SMILES string of the molecule is O=c1oc2cc(O[C@@H]3O[C@H](COCc4ccccc4)[C@H](OCc4ccccc4)[C@H](OCc4ccccc4)[C@H]3OCc3ccccc3)ccc2c(OCc2ccccc2)c1OCc1ccccc1. The zero-order valence-electron chi connectivity index (χ0n) is 37.0. The fraction of sp³-hybridized carbons (Fsp3) is 0.211. The van der Waals surface area contributed by atoms with Crippen molar-refractivity contribution in [1.82, 2.24) is 0 Å². The summed E-state index contributed by atoms with van der Waals surface area (Å²) in [5.41, 5.74) is 5.31. The highest BCUT2D eigenvalue weighted by molar-refractivity contribution is 5.86. The molecule has 1 saturated heterocycles. The summed E-state index contributed by atoms with van der Waals surface area (Å²) in [7, 11) is 0. The molecule has 0 amide bonds. The molecule has 0 bridgehead atoms. The highest BCUT2D eigenvalue weighted by atomic mass is 16.7. The van der Waals surface area contributed by atoms with Crippen molar-refractivity contribution in [2.45, 2.75) is 70.3 Å². The number of fused-ring (bicyclic) bond motifs is 1. The van der Waals surface area contributed by atoms with Crippen molar-refractivity contribution >= 4 is 11.0 Å². The Morgan fingerprint density at radius 1 is 0.418 bits per heavy atom. The lowest BCUT2D eigenvalue weighted by Gasteiger charge is -2.45. The van der Waals surface area contributed by atoms with E-state index in [4.69, 9.17) is 42.3 Å². The lowest BCUT2D eigenvalue weighted by Crippen LogP contribution is -2.62. The predicted molar refractivity (Wildman–Crippen MR) is 254 cm³/mol. The molecule has 9 rings (SSSR count). The van der Waals surface area contributed by atoms with Crippen LogP contribution in [0.4, 0.5) is 0 Å². The average Bonchev–Trinajstić information content (AvgIpc) is 3.38. The number of benzene rings is 7. The van der Waals surface area contributed by atoms with Crippen LogP contribution >= 0.6 is 0 Å². The molecule has 8 aromatic rings. The van der Waals surface area contributed by atoms with Crippen molar-refractivity contribution in [3.8, 4) is 17.2 Å². The van der Waals surface area contributed by atoms with Gasteiger partial charge >= 0.3 is 5.63 Å². The molecule has 0 spiro atoms. The minimum atomic E-state index is -1.04. The van der Waals surface area contributed by atoms with Crippen LogP contribution in [0.25, 0.3) is 11.0 Å². The lowest BCUT2D eigenvalue weighted by atomic mass is 9.97. The second-order valence-corrected chi connectivity index (χ2v) is 16.2. The number of rotatable bonds is 21. The van der Waals surface area contributed by atoms with E-state index in [1.165, 1.54) is 0 Å². The lowest BCUT2D eigenvalue weighted by molar-refractivity contribution is -0.310. The van der Waals surface area contributed by atoms with Crippen molar-refractivity contribution in [3.05, 3.63) is 244 Å². The van der Waals surface area contributed by atoms with Gasteiger partial charge < -0.3 is 42.3 Å². The van der Waals surface area contributed by atoms with Crippen LogP contribution in [-0.2, 0) is 63.3 Å². The predicted octanol–water partition coefficient (Wildman–Crippen LogP) is 11.0. The maximum absolute atomic E-state index is 13.8. The second-order valence-electron chi connectivity index (χ2n) is 16.2. The third-order valence-corrected chi connectivity index (χ3v) is 11.3. The zero-order valence-corrected chi connectivity index (χ0v) is 37.0. The average molecular weight is 897 g/mol. The zero-order chi connectivity index (χ0) is 45.5. The molecule has 2 heterocycles. The molecule has 1 aromatic heterocycles. The number of hydrogen-bond acceptors (Lipinski definition) is 10. The van der Waals surface area contributed by atoms with E-state index in [9.17, 15) is 4.79 Å². The summed E-state index contributed by atoms with van der Waals surface area (Å²) in [6.45, 7) is 1.66. The summed E-state index contributed by atoms with van der Waals surface area (Å²) in [6, 6.07) is 64.4. The van der Waals surface area contributed by atoms with Gasteiger partial charge in [0.05, 0.1) is 38.4 Å². The van der Waals surface area contributed by atoms with Crippen LogP contribution in [0.5, 0.6) is 17.2 Å². The van der Waals surface area contributed by atoms with Gasteiger partial charge in [-0.2, -0.15) is 0 Å². The van der Waals surface area contributed by atoms with Crippen LogP contribution in [0.1, 0.15) is 33.4 Å². The summed E-state index contributed by atoms with van der Waals surface area (Å²) in [5.74, 6) is 0.596. The van der Waals surface area contributed by atoms with Crippen LogP contribution in [0.15, 0.2) is 209 Å². The first-order valence-corrected chi connectivity index (χ1v) is 22.5. The highest BCUT2D eigenvalue weighted by Crippen LogP contribution is 2.38. The molecule has 0 aliphatic carbocycles. The Kier molecular flexibility index (Phi) is 15.4. The van der Waals surface area contributed by atoms with Gasteiger partial charge in [0.1, 0.15) is 49.0 Å². The first-order chi connectivity index (χ1) is 33.1. The summed E-state index contributed by atoms with van der Waals surface area (Å²) >= 11 is 0. The van der Waals surface area contributed by atoms with Gasteiger partial charge in [0.2, 0.25) is 12.0 Å². The van der Waals surface area contributed by atoms with Gasteiger partial charge in [-0.25, -0.2) is 4.79 Å². The van der Waals surface area contributed by atoms with Crippen molar-refractivity contribution in [2.24, 2.45) is 0 Å². The van der Waals surface area contributed by atoms with Crippen LogP contribution in [0.3, 0.4) is 0 Å². The van der Waals surface area contributed by atoms with E-state index in [0.29, 0.717) is 24.3 Å².